The van der Waals surface area contributed by atoms with Gasteiger partial charge in [0, 0.05) is 6.54 Å². The highest BCUT2D eigenvalue weighted by atomic mass is 16.5. The number of aryl methyl sites for hydroxylation is 1. The minimum Gasteiger partial charge on any atom is -0.497 e. The second-order valence-electron chi connectivity index (χ2n) is 6.43. The van der Waals surface area contributed by atoms with Crippen LogP contribution in [0.15, 0.2) is 54.9 Å². The van der Waals surface area contributed by atoms with Crippen molar-refractivity contribution in [3.63, 3.8) is 0 Å². The highest BCUT2D eigenvalue weighted by Crippen LogP contribution is 2.18. The molecule has 0 radical (unpaired) electrons. The number of nitrogens with one attached hydrogen (secondary N) is 1. The maximum absolute atomic E-state index is 12.3. The maximum Gasteiger partial charge on any atom is 0.291 e. The number of hydrogen-bond acceptors (Lipinski definition) is 5. The summed E-state index contributed by atoms with van der Waals surface area (Å²) in [5, 5.41) is 17.3. The molecule has 0 bridgehead atoms. The third-order valence-electron chi connectivity index (χ3n) is 4.48. The Morgan fingerprint density at radius 2 is 1.82 bits per heavy atom. The van der Waals surface area contributed by atoms with Gasteiger partial charge in [-0.1, -0.05) is 43.3 Å². The minimum atomic E-state index is -0.763. The van der Waals surface area contributed by atoms with Crippen molar-refractivity contribution in [3.05, 3.63) is 77.4 Å². The third kappa shape index (κ3) is 4.95. The first-order chi connectivity index (χ1) is 13.6. The monoisotopic (exact) mass is 380 g/mol. The van der Waals surface area contributed by atoms with Crippen molar-refractivity contribution >= 4 is 5.91 Å². The molecule has 0 unspecified atom stereocenters. The highest BCUT2D eigenvalue weighted by Gasteiger charge is 2.14. The van der Waals surface area contributed by atoms with Gasteiger partial charge in [-0.05, 0) is 35.2 Å². The standard InChI is InChI=1S/C21H24N4O3/c1-3-15-4-6-16(7-5-15)12-22-21(27)20-23-14-25(24-20)13-19(26)17-8-10-18(28-2)11-9-17/h4-11,14,19,26H,3,12-13H2,1-2H3,(H,22,27)/t19-/m1/s1. The van der Waals surface area contributed by atoms with Gasteiger partial charge in [0.25, 0.3) is 5.91 Å². The van der Waals surface area contributed by atoms with Crippen LogP contribution in [-0.2, 0) is 19.5 Å². The van der Waals surface area contributed by atoms with E-state index in [2.05, 4.69) is 34.5 Å². The first kappa shape index (κ1) is 19.6. The van der Waals surface area contributed by atoms with Gasteiger partial charge in [-0.2, -0.15) is 0 Å². The summed E-state index contributed by atoms with van der Waals surface area (Å²) in [6.07, 6.45) is 1.66. The summed E-state index contributed by atoms with van der Waals surface area (Å²) >= 11 is 0. The van der Waals surface area contributed by atoms with Crippen molar-refractivity contribution in [2.45, 2.75) is 32.5 Å². The molecular formula is C21H24N4O3. The Morgan fingerprint density at radius 1 is 1.14 bits per heavy atom. The average molecular weight is 380 g/mol. The summed E-state index contributed by atoms with van der Waals surface area (Å²) in [6, 6.07) is 15.2. The molecule has 0 fully saturated rings. The first-order valence-electron chi connectivity index (χ1n) is 9.16. The van der Waals surface area contributed by atoms with Crippen LogP contribution in [0.2, 0.25) is 0 Å². The van der Waals surface area contributed by atoms with Crippen molar-refractivity contribution in [2.24, 2.45) is 0 Å². The van der Waals surface area contributed by atoms with Gasteiger partial charge < -0.3 is 15.2 Å². The molecule has 0 aliphatic rings. The van der Waals surface area contributed by atoms with Gasteiger partial charge in [-0.3, -0.25) is 4.79 Å². The minimum absolute atomic E-state index is 0.0760. The Morgan fingerprint density at radius 3 is 2.46 bits per heavy atom. The predicted octanol–water partition coefficient (Wildman–Crippen LogP) is 2.51. The van der Waals surface area contributed by atoms with E-state index >= 15 is 0 Å². The van der Waals surface area contributed by atoms with Crippen molar-refractivity contribution in [2.75, 3.05) is 7.11 Å². The third-order valence-corrected chi connectivity index (χ3v) is 4.48. The zero-order valence-corrected chi connectivity index (χ0v) is 16.0. The molecule has 1 amide bonds. The molecule has 2 aromatic carbocycles. The van der Waals surface area contributed by atoms with Crippen LogP contribution in [0.1, 0.15) is 40.3 Å². The summed E-state index contributed by atoms with van der Waals surface area (Å²) in [4.78, 5) is 16.3. The fourth-order valence-corrected chi connectivity index (χ4v) is 2.75. The van der Waals surface area contributed by atoms with Crippen LogP contribution in [0.5, 0.6) is 5.75 Å². The summed E-state index contributed by atoms with van der Waals surface area (Å²) in [6.45, 7) is 2.71. The van der Waals surface area contributed by atoms with E-state index in [0.717, 1.165) is 23.3 Å². The van der Waals surface area contributed by atoms with Crippen LogP contribution in [-0.4, -0.2) is 32.9 Å². The van der Waals surface area contributed by atoms with Crippen LogP contribution in [0.4, 0.5) is 0 Å². The largest absolute Gasteiger partial charge is 0.497 e. The van der Waals surface area contributed by atoms with Gasteiger partial charge in [0.15, 0.2) is 0 Å². The fourth-order valence-electron chi connectivity index (χ4n) is 2.75. The van der Waals surface area contributed by atoms with E-state index in [9.17, 15) is 9.90 Å². The molecule has 0 saturated heterocycles. The van der Waals surface area contributed by atoms with Crippen LogP contribution < -0.4 is 10.1 Å². The molecule has 1 atom stereocenters. The normalized spacial score (nSPS) is 11.8. The predicted molar refractivity (Wildman–Crippen MR) is 105 cm³/mol. The van der Waals surface area contributed by atoms with Crippen LogP contribution in [0, 0.1) is 0 Å². The van der Waals surface area contributed by atoms with E-state index in [-0.39, 0.29) is 18.3 Å². The zero-order chi connectivity index (χ0) is 19.9. The van der Waals surface area contributed by atoms with E-state index in [1.807, 2.05) is 12.1 Å². The molecule has 28 heavy (non-hydrogen) atoms. The van der Waals surface area contributed by atoms with Gasteiger partial charge in [0.1, 0.15) is 12.1 Å². The lowest BCUT2D eigenvalue weighted by atomic mass is 10.1. The number of aliphatic hydroxyl groups is 1. The van der Waals surface area contributed by atoms with E-state index < -0.39 is 6.10 Å². The first-order valence-corrected chi connectivity index (χ1v) is 9.16. The number of benzene rings is 2. The van der Waals surface area contributed by atoms with Crippen molar-refractivity contribution in [3.8, 4) is 5.75 Å². The molecule has 3 rings (SSSR count). The van der Waals surface area contributed by atoms with E-state index in [0.29, 0.717) is 6.54 Å². The molecule has 0 aliphatic carbocycles. The molecule has 0 aliphatic heterocycles. The SMILES string of the molecule is CCc1ccc(CNC(=O)c2ncn(C[C@@H](O)c3ccc(OC)cc3)n2)cc1. The summed E-state index contributed by atoms with van der Waals surface area (Å²) in [7, 11) is 1.59. The molecule has 1 aromatic heterocycles. The molecule has 146 valence electrons. The number of rotatable bonds is 8. The smallest absolute Gasteiger partial charge is 0.291 e. The Balaban J connectivity index is 1.55. The number of amides is 1. The Kier molecular flexibility index (Phi) is 6.39. The molecule has 2 N–H and O–H groups in total. The highest BCUT2D eigenvalue weighted by molar-refractivity contribution is 5.90. The zero-order valence-electron chi connectivity index (χ0n) is 16.0. The van der Waals surface area contributed by atoms with Gasteiger partial charge in [-0.15, -0.1) is 5.10 Å². The lowest BCUT2D eigenvalue weighted by Gasteiger charge is -2.11. The number of methoxy groups -OCH3 is 1. The molecular weight excluding hydrogens is 356 g/mol. The number of ether oxygens (including phenoxy) is 1. The number of hydrogen-bond donors (Lipinski definition) is 2. The Bertz CT molecular complexity index is 904. The lowest BCUT2D eigenvalue weighted by molar-refractivity contribution is 0.0938. The van der Waals surface area contributed by atoms with Gasteiger partial charge in [-0.25, -0.2) is 9.67 Å². The number of aromatic nitrogens is 3. The molecule has 3 aromatic rings. The lowest BCUT2D eigenvalue weighted by Crippen LogP contribution is -2.24. The number of aliphatic hydroxyl groups excluding tert-OH is 1. The van der Waals surface area contributed by atoms with E-state index in [4.69, 9.17) is 4.74 Å². The molecule has 7 heteroatoms. The average Bonchev–Trinajstić information content (AvgIpc) is 3.21. The van der Waals surface area contributed by atoms with E-state index in [1.165, 1.54) is 16.6 Å². The second kappa shape index (κ2) is 9.14. The van der Waals surface area contributed by atoms with Gasteiger partial charge in [0.2, 0.25) is 5.82 Å². The molecule has 0 saturated carbocycles. The second-order valence-corrected chi connectivity index (χ2v) is 6.43. The van der Waals surface area contributed by atoms with Gasteiger partial charge in [0.05, 0.1) is 19.8 Å². The van der Waals surface area contributed by atoms with Crippen LogP contribution in [0.25, 0.3) is 0 Å². The quantitative estimate of drug-likeness (QED) is 0.627. The van der Waals surface area contributed by atoms with Crippen molar-refractivity contribution in [1.82, 2.24) is 20.1 Å². The fraction of sp³-hybridized carbons (Fsp3) is 0.286. The van der Waals surface area contributed by atoms with Crippen molar-refractivity contribution in [1.29, 1.82) is 0 Å². The molecule has 1 heterocycles. The summed E-state index contributed by atoms with van der Waals surface area (Å²) in [5.41, 5.74) is 3.00. The summed E-state index contributed by atoms with van der Waals surface area (Å²) < 4.78 is 6.57. The maximum atomic E-state index is 12.3. The number of carbonyl (C=O) groups is 1. The van der Waals surface area contributed by atoms with Crippen LogP contribution in [0.3, 0.4) is 0 Å². The Labute approximate surface area is 164 Å². The van der Waals surface area contributed by atoms with Crippen molar-refractivity contribution < 1.29 is 14.6 Å². The Hall–Kier alpha value is -3.19. The molecule has 0 spiro atoms. The number of carbonyl (C=O) groups excluding carboxylic acids is 1. The summed E-state index contributed by atoms with van der Waals surface area (Å²) in [5.74, 6) is 0.448. The topological polar surface area (TPSA) is 89.3 Å². The van der Waals surface area contributed by atoms with Crippen LogP contribution >= 0.6 is 0 Å². The number of nitrogens with zero attached hydrogens (tertiary/aromatic N) is 3. The van der Waals surface area contributed by atoms with Gasteiger partial charge >= 0.3 is 0 Å². The van der Waals surface area contributed by atoms with E-state index in [1.54, 1.807) is 31.4 Å². The molecule has 7 nitrogen and oxygen atoms in total.